The number of hydrogen-bond donors (Lipinski definition) is 2. The second kappa shape index (κ2) is 17.4. The lowest BCUT2D eigenvalue weighted by atomic mass is 9.70. The Morgan fingerprint density at radius 3 is 2.07 bits per heavy atom. The van der Waals surface area contributed by atoms with Crippen molar-refractivity contribution in [3.05, 3.63) is 0 Å². The van der Waals surface area contributed by atoms with Crippen LogP contribution in [0.2, 0.25) is 0 Å². The smallest absolute Gasteiger partial charge is 0.311 e. The molecule has 14 heteroatoms. The molecule has 4 aliphatic heterocycles. The van der Waals surface area contributed by atoms with Gasteiger partial charge in [0.2, 0.25) is 0 Å². The maximum absolute atomic E-state index is 14.4. The van der Waals surface area contributed by atoms with E-state index < -0.39 is 108 Å². The molecule has 0 spiro atoms. The first-order valence-corrected chi connectivity index (χ1v) is 19.8. The first kappa shape index (κ1) is 45.0. The summed E-state index contributed by atoms with van der Waals surface area (Å²) in [6, 6.07) is -0.268. The lowest BCUT2D eigenvalue weighted by Gasteiger charge is -2.50. The van der Waals surface area contributed by atoms with Gasteiger partial charge in [-0.05, 0) is 74.9 Å². The van der Waals surface area contributed by atoms with Crippen LogP contribution in [0.3, 0.4) is 0 Å². The largest absolute Gasteiger partial charge is 0.458 e. The van der Waals surface area contributed by atoms with E-state index in [-0.39, 0.29) is 37.2 Å². The topological polar surface area (TPSA) is 169 Å². The van der Waals surface area contributed by atoms with Gasteiger partial charge in [0.15, 0.2) is 12.6 Å². The number of carbonyl (C=O) groups excluding carboxylic acids is 3. The number of Topliss-reactive ketones (excluding diaryl/α,β-unsaturated/α-hetero) is 1. The zero-order chi connectivity index (χ0) is 40.7. The number of carbonyl (C=O) groups is 3. The second-order valence-electron chi connectivity index (χ2n) is 17.4. The number of likely N-dealkylation sites (N-methyl/N-ethyl adjacent to an activating group) is 1. The Bertz CT molecular complexity index is 1320. The summed E-state index contributed by atoms with van der Waals surface area (Å²) in [7, 11) is 6.86. The van der Waals surface area contributed by atoms with Crippen LogP contribution in [0.15, 0.2) is 0 Å². The molecule has 0 aromatic rings. The van der Waals surface area contributed by atoms with E-state index in [1.807, 2.05) is 60.5 Å². The quantitative estimate of drug-likeness (QED) is 0.343. The molecule has 0 bridgehead atoms. The highest BCUT2D eigenvalue weighted by Crippen LogP contribution is 2.46. The van der Waals surface area contributed by atoms with Crippen molar-refractivity contribution in [3.8, 4) is 0 Å². The van der Waals surface area contributed by atoms with Gasteiger partial charge in [-0.1, -0.05) is 27.7 Å². The minimum absolute atomic E-state index is 0.0131. The molecule has 0 radical (unpaired) electrons. The van der Waals surface area contributed by atoms with Crippen molar-refractivity contribution in [1.29, 1.82) is 0 Å². The van der Waals surface area contributed by atoms with Gasteiger partial charge in [0, 0.05) is 50.4 Å². The van der Waals surface area contributed by atoms with Crippen molar-refractivity contribution in [2.24, 2.45) is 29.6 Å². The molecule has 0 amide bonds. The molecule has 312 valence electrons. The van der Waals surface area contributed by atoms with E-state index in [0.29, 0.717) is 12.8 Å². The van der Waals surface area contributed by atoms with E-state index in [4.69, 9.17) is 37.9 Å². The fraction of sp³-hybridized carbons (Fsp3) is 0.925. The van der Waals surface area contributed by atoms with Gasteiger partial charge in [-0.15, -0.1) is 0 Å². The summed E-state index contributed by atoms with van der Waals surface area (Å²) < 4.78 is 50.5. The molecular formula is C40H69NO13. The number of cyclic esters (lactones) is 1. The Labute approximate surface area is 322 Å². The standard InChI is InChI=1S/C40H69NO13/c1-15-28-40(10)26(17-29(42)54-40)22(4)31(43)20(2)18-39(9,48-14)35(53-37-32(44)27(41(11)12)16-21(3)49-37)23(5)33(24(6)36(46)51-28)52-30-19-38(8,47-13)34(45)25(7)50-30/h20-28,30,32-35,37,44-45H,15-19H2,1-14H3/t20-,21-,22-,23+,24-,25+,26-,27+,28-,30?,32-,33?,34+,35-,37+,38?,39-,40+/m1/s1. The Morgan fingerprint density at radius 1 is 0.870 bits per heavy atom. The molecule has 0 aliphatic carbocycles. The van der Waals surface area contributed by atoms with Gasteiger partial charge in [-0.3, -0.25) is 14.4 Å². The Morgan fingerprint density at radius 2 is 1.50 bits per heavy atom. The molecule has 0 aromatic heterocycles. The van der Waals surface area contributed by atoms with E-state index in [1.165, 1.54) is 7.11 Å². The van der Waals surface area contributed by atoms with Gasteiger partial charge in [-0.25, -0.2) is 0 Å². The minimum Gasteiger partial charge on any atom is -0.458 e. The molecule has 18 atom stereocenters. The third-order valence-corrected chi connectivity index (χ3v) is 13.2. The van der Waals surface area contributed by atoms with Gasteiger partial charge < -0.3 is 53.0 Å². The number of nitrogens with zero attached hydrogens (tertiary/aromatic N) is 1. The molecule has 3 unspecified atom stereocenters. The first-order chi connectivity index (χ1) is 25.1. The van der Waals surface area contributed by atoms with Crippen molar-refractivity contribution in [2.75, 3.05) is 28.3 Å². The van der Waals surface area contributed by atoms with Crippen LogP contribution in [0.4, 0.5) is 0 Å². The zero-order valence-corrected chi connectivity index (χ0v) is 35.0. The normalized spacial score (nSPS) is 48.5. The monoisotopic (exact) mass is 771 g/mol. The maximum Gasteiger partial charge on any atom is 0.311 e. The van der Waals surface area contributed by atoms with Crippen LogP contribution in [-0.4, -0.2) is 139 Å². The summed E-state index contributed by atoms with van der Waals surface area (Å²) in [5.74, 6) is -4.48. The number of aliphatic hydroxyl groups is 2. The number of aliphatic hydroxyl groups excluding tert-OH is 2. The number of ketones is 1. The molecule has 4 rings (SSSR count). The summed E-state index contributed by atoms with van der Waals surface area (Å²) in [5, 5.41) is 22.6. The molecular weight excluding hydrogens is 702 g/mol. The molecule has 4 heterocycles. The van der Waals surface area contributed by atoms with Crippen molar-refractivity contribution >= 4 is 17.7 Å². The SMILES string of the molecule is CC[C@H]1OC(=O)[C@H](C)C(OC2CC(C)(OC)[C@@H](O)[C@H](C)O2)[C@H](C)[C@@H](O[C@@H]2O[C@H](C)C[C@H](N(C)C)[C@H]2O)[C@](C)(OC)C[C@@H](C)C(=O)[C@H](C)[C@H]2CC(=O)O[C@@]21C. The molecule has 0 aromatic carbocycles. The summed E-state index contributed by atoms with van der Waals surface area (Å²) in [6.45, 7) is 18.1. The van der Waals surface area contributed by atoms with Crippen molar-refractivity contribution < 1.29 is 62.5 Å². The van der Waals surface area contributed by atoms with Crippen molar-refractivity contribution in [2.45, 2.75) is 179 Å². The summed E-state index contributed by atoms with van der Waals surface area (Å²) >= 11 is 0. The molecule has 14 nitrogen and oxygen atoms in total. The number of fused-ring (bicyclic) bond motifs is 1. The van der Waals surface area contributed by atoms with E-state index in [2.05, 4.69) is 0 Å². The predicted octanol–water partition coefficient (Wildman–Crippen LogP) is 3.65. The van der Waals surface area contributed by atoms with Gasteiger partial charge >= 0.3 is 11.9 Å². The van der Waals surface area contributed by atoms with Crippen LogP contribution in [0.1, 0.15) is 101 Å². The molecule has 4 fully saturated rings. The maximum atomic E-state index is 14.4. The molecule has 2 N–H and O–H groups in total. The molecule has 0 saturated carbocycles. The highest BCUT2D eigenvalue weighted by Gasteiger charge is 2.58. The molecule has 4 aliphatic rings. The van der Waals surface area contributed by atoms with Crippen LogP contribution in [-0.2, 0) is 52.3 Å². The number of methoxy groups -OCH3 is 2. The van der Waals surface area contributed by atoms with Crippen LogP contribution >= 0.6 is 0 Å². The van der Waals surface area contributed by atoms with Crippen LogP contribution < -0.4 is 0 Å². The van der Waals surface area contributed by atoms with Crippen LogP contribution in [0.5, 0.6) is 0 Å². The average molecular weight is 772 g/mol. The van der Waals surface area contributed by atoms with Crippen molar-refractivity contribution in [1.82, 2.24) is 4.90 Å². The number of hydrogen-bond acceptors (Lipinski definition) is 14. The van der Waals surface area contributed by atoms with E-state index in [0.717, 1.165) is 0 Å². The first-order valence-electron chi connectivity index (χ1n) is 19.8. The second-order valence-corrected chi connectivity index (χ2v) is 17.4. The average Bonchev–Trinajstić information content (AvgIpc) is 3.43. The van der Waals surface area contributed by atoms with Crippen molar-refractivity contribution in [3.63, 3.8) is 0 Å². The fourth-order valence-corrected chi connectivity index (χ4v) is 9.64. The lowest BCUT2D eigenvalue weighted by Crippen LogP contribution is -2.61. The Hall–Kier alpha value is -1.75. The zero-order valence-electron chi connectivity index (χ0n) is 35.0. The van der Waals surface area contributed by atoms with Gasteiger partial charge in [0.1, 0.15) is 29.7 Å². The third kappa shape index (κ3) is 8.87. The van der Waals surface area contributed by atoms with E-state index in [1.54, 1.807) is 34.8 Å². The van der Waals surface area contributed by atoms with Gasteiger partial charge in [0.25, 0.3) is 0 Å². The van der Waals surface area contributed by atoms with Crippen LogP contribution in [0, 0.1) is 29.6 Å². The molecule has 54 heavy (non-hydrogen) atoms. The van der Waals surface area contributed by atoms with Crippen LogP contribution in [0.25, 0.3) is 0 Å². The summed E-state index contributed by atoms with van der Waals surface area (Å²) in [4.78, 5) is 43.7. The van der Waals surface area contributed by atoms with Gasteiger partial charge in [0.05, 0.1) is 48.0 Å². The lowest BCUT2D eigenvalue weighted by molar-refractivity contribution is -0.319. The van der Waals surface area contributed by atoms with E-state index in [9.17, 15) is 24.6 Å². The Balaban J connectivity index is 1.87. The summed E-state index contributed by atoms with van der Waals surface area (Å²) in [6.07, 6.45) is -6.35. The number of esters is 2. The number of rotatable bonds is 8. The Kier molecular flexibility index (Phi) is 14.5. The van der Waals surface area contributed by atoms with Gasteiger partial charge in [-0.2, -0.15) is 0 Å². The van der Waals surface area contributed by atoms with E-state index >= 15 is 0 Å². The predicted molar refractivity (Wildman–Crippen MR) is 197 cm³/mol. The fourth-order valence-electron chi connectivity index (χ4n) is 9.64. The number of ether oxygens (including phenoxy) is 8. The minimum atomic E-state index is -1.25. The summed E-state index contributed by atoms with van der Waals surface area (Å²) in [5.41, 5.74) is -3.46. The highest BCUT2D eigenvalue weighted by atomic mass is 16.7. The third-order valence-electron chi connectivity index (χ3n) is 13.2. The molecule has 4 saturated heterocycles. The highest BCUT2D eigenvalue weighted by molar-refractivity contribution is 5.85.